The molecule has 0 spiro atoms. The minimum atomic E-state index is 0.676. The molecule has 0 bridgehead atoms. The SMILES string of the molecule is Cc1ccc(CCNC2CCCNC2)cc1C. The van der Waals surface area contributed by atoms with Crippen LogP contribution in [0.25, 0.3) is 0 Å². The lowest BCUT2D eigenvalue weighted by molar-refractivity contribution is 0.392. The van der Waals surface area contributed by atoms with Crippen molar-refractivity contribution in [3.8, 4) is 0 Å². The molecule has 0 saturated carbocycles. The van der Waals surface area contributed by atoms with Crippen LogP contribution >= 0.6 is 0 Å². The second kappa shape index (κ2) is 6.18. The van der Waals surface area contributed by atoms with Crippen LogP contribution in [0.4, 0.5) is 0 Å². The Morgan fingerprint density at radius 2 is 2.18 bits per heavy atom. The van der Waals surface area contributed by atoms with Crippen molar-refractivity contribution < 1.29 is 0 Å². The third-order valence-corrected chi connectivity index (χ3v) is 3.71. The zero-order valence-corrected chi connectivity index (χ0v) is 11.1. The Hall–Kier alpha value is -0.860. The van der Waals surface area contributed by atoms with Crippen molar-refractivity contribution in [2.45, 2.75) is 39.2 Å². The number of hydrogen-bond acceptors (Lipinski definition) is 2. The molecule has 17 heavy (non-hydrogen) atoms. The molecular formula is C15H24N2. The number of nitrogens with one attached hydrogen (secondary N) is 2. The van der Waals surface area contributed by atoms with Crippen molar-refractivity contribution in [1.29, 1.82) is 0 Å². The molecule has 94 valence electrons. The number of piperidine rings is 1. The Labute approximate surface area is 105 Å². The molecule has 1 fully saturated rings. The first-order valence-corrected chi connectivity index (χ1v) is 6.76. The molecule has 1 aliphatic rings. The second-order valence-electron chi connectivity index (χ2n) is 5.17. The predicted octanol–water partition coefficient (Wildman–Crippen LogP) is 2.19. The first-order chi connectivity index (χ1) is 8.25. The van der Waals surface area contributed by atoms with Crippen molar-refractivity contribution in [3.05, 3.63) is 34.9 Å². The number of hydrogen-bond donors (Lipinski definition) is 2. The van der Waals surface area contributed by atoms with Gasteiger partial charge in [0, 0.05) is 12.6 Å². The van der Waals surface area contributed by atoms with E-state index in [1.165, 1.54) is 36.1 Å². The van der Waals surface area contributed by atoms with Gasteiger partial charge in [-0.2, -0.15) is 0 Å². The van der Waals surface area contributed by atoms with Gasteiger partial charge in [-0.15, -0.1) is 0 Å². The third-order valence-electron chi connectivity index (χ3n) is 3.71. The van der Waals surface area contributed by atoms with Crippen molar-refractivity contribution in [3.63, 3.8) is 0 Å². The highest BCUT2D eigenvalue weighted by Gasteiger charge is 2.11. The summed E-state index contributed by atoms with van der Waals surface area (Å²) in [5.41, 5.74) is 4.24. The summed E-state index contributed by atoms with van der Waals surface area (Å²) in [5.74, 6) is 0. The second-order valence-corrected chi connectivity index (χ2v) is 5.17. The van der Waals surface area contributed by atoms with Gasteiger partial charge in [0.15, 0.2) is 0 Å². The van der Waals surface area contributed by atoms with Gasteiger partial charge in [0.1, 0.15) is 0 Å². The average Bonchev–Trinajstić information content (AvgIpc) is 2.35. The zero-order chi connectivity index (χ0) is 12.1. The van der Waals surface area contributed by atoms with Crippen LogP contribution in [0.1, 0.15) is 29.5 Å². The molecule has 1 saturated heterocycles. The van der Waals surface area contributed by atoms with Crippen molar-refractivity contribution in [1.82, 2.24) is 10.6 Å². The van der Waals surface area contributed by atoms with Gasteiger partial charge in [-0.1, -0.05) is 18.2 Å². The molecule has 2 N–H and O–H groups in total. The summed E-state index contributed by atoms with van der Waals surface area (Å²) in [5, 5.41) is 7.08. The van der Waals surface area contributed by atoms with E-state index in [9.17, 15) is 0 Å². The standard InChI is InChI=1S/C15H24N2/c1-12-5-6-14(10-13(12)2)7-9-17-15-4-3-8-16-11-15/h5-6,10,15-17H,3-4,7-9,11H2,1-2H3. The molecular weight excluding hydrogens is 208 g/mol. The van der Waals surface area contributed by atoms with Crippen LogP contribution in [0.5, 0.6) is 0 Å². The maximum Gasteiger partial charge on any atom is 0.0193 e. The first-order valence-electron chi connectivity index (χ1n) is 6.76. The molecule has 0 aromatic heterocycles. The Bertz CT molecular complexity index is 354. The highest BCUT2D eigenvalue weighted by Crippen LogP contribution is 2.10. The van der Waals surface area contributed by atoms with E-state index in [4.69, 9.17) is 0 Å². The number of benzene rings is 1. The minimum Gasteiger partial charge on any atom is -0.315 e. The van der Waals surface area contributed by atoms with Crippen LogP contribution in [-0.4, -0.2) is 25.7 Å². The van der Waals surface area contributed by atoms with E-state index >= 15 is 0 Å². The number of rotatable bonds is 4. The fourth-order valence-corrected chi connectivity index (χ4v) is 2.41. The van der Waals surface area contributed by atoms with Gasteiger partial charge < -0.3 is 10.6 Å². The Morgan fingerprint density at radius 3 is 2.88 bits per heavy atom. The highest BCUT2D eigenvalue weighted by molar-refractivity contribution is 5.30. The first kappa shape index (κ1) is 12.6. The molecule has 2 nitrogen and oxygen atoms in total. The van der Waals surface area contributed by atoms with E-state index in [0.717, 1.165) is 19.5 Å². The monoisotopic (exact) mass is 232 g/mol. The predicted molar refractivity (Wildman–Crippen MR) is 73.5 cm³/mol. The summed E-state index contributed by atoms with van der Waals surface area (Å²) in [4.78, 5) is 0. The molecule has 1 atom stereocenters. The van der Waals surface area contributed by atoms with Crippen molar-refractivity contribution in [2.75, 3.05) is 19.6 Å². The molecule has 1 heterocycles. The molecule has 0 aliphatic carbocycles. The molecule has 1 aromatic rings. The molecule has 0 amide bonds. The van der Waals surface area contributed by atoms with E-state index in [1.54, 1.807) is 0 Å². The smallest absolute Gasteiger partial charge is 0.0193 e. The maximum atomic E-state index is 3.64. The molecule has 2 rings (SSSR count). The van der Waals surface area contributed by atoms with Gasteiger partial charge in [0.2, 0.25) is 0 Å². The molecule has 1 aliphatic heterocycles. The number of aryl methyl sites for hydroxylation is 2. The van der Waals surface area contributed by atoms with E-state index in [-0.39, 0.29) is 0 Å². The maximum absolute atomic E-state index is 3.64. The summed E-state index contributed by atoms with van der Waals surface area (Å²) in [6, 6.07) is 7.47. The van der Waals surface area contributed by atoms with Gasteiger partial charge in [-0.05, 0) is 62.9 Å². The van der Waals surface area contributed by atoms with E-state index in [2.05, 4.69) is 42.7 Å². The van der Waals surface area contributed by atoms with Crippen molar-refractivity contribution in [2.24, 2.45) is 0 Å². The lowest BCUT2D eigenvalue weighted by atomic mass is 10.0. The molecule has 0 radical (unpaired) electrons. The summed E-state index contributed by atoms with van der Waals surface area (Å²) in [6.07, 6.45) is 3.76. The zero-order valence-electron chi connectivity index (χ0n) is 11.1. The molecule has 1 aromatic carbocycles. The van der Waals surface area contributed by atoms with Crippen LogP contribution in [0.2, 0.25) is 0 Å². The van der Waals surface area contributed by atoms with Crippen LogP contribution in [0, 0.1) is 13.8 Å². The van der Waals surface area contributed by atoms with Gasteiger partial charge in [-0.3, -0.25) is 0 Å². The highest BCUT2D eigenvalue weighted by atomic mass is 15.0. The van der Waals surface area contributed by atoms with Gasteiger partial charge in [0.25, 0.3) is 0 Å². The lowest BCUT2D eigenvalue weighted by Gasteiger charge is -2.23. The van der Waals surface area contributed by atoms with Crippen LogP contribution < -0.4 is 10.6 Å². The van der Waals surface area contributed by atoms with Gasteiger partial charge in [-0.25, -0.2) is 0 Å². The Morgan fingerprint density at radius 1 is 1.29 bits per heavy atom. The van der Waals surface area contributed by atoms with Gasteiger partial charge >= 0.3 is 0 Å². The third kappa shape index (κ3) is 3.83. The van der Waals surface area contributed by atoms with E-state index < -0.39 is 0 Å². The molecule has 2 heteroatoms. The van der Waals surface area contributed by atoms with E-state index in [1.807, 2.05) is 0 Å². The topological polar surface area (TPSA) is 24.1 Å². The van der Waals surface area contributed by atoms with Crippen LogP contribution in [0.15, 0.2) is 18.2 Å². The largest absolute Gasteiger partial charge is 0.315 e. The minimum absolute atomic E-state index is 0.676. The fourth-order valence-electron chi connectivity index (χ4n) is 2.41. The van der Waals surface area contributed by atoms with Crippen molar-refractivity contribution >= 4 is 0 Å². The summed E-state index contributed by atoms with van der Waals surface area (Å²) in [6.45, 7) is 7.78. The Kier molecular flexibility index (Phi) is 4.57. The Balaban J connectivity index is 1.75. The summed E-state index contributed by atoms with van der Waals surface area (Å²) in [7, 11) is 0. The lowest BCUT2D eigenvalue weighted by Crippen LogP contribution is -2.43. The van der Waals surface area contributed by atoms with Crippen LogP contribution in [-0.2, 0) is 6.42 Å². The fraction of sp³-hybridized carbons (Fsp3) is 0.600. The van der Waals surface area contributed by atoms with Gasteiger partial charge in [0.05, 0.1) is 0 Å². The van der Waals surface area contributed by atoms with Crippen LogP contribution in [0.3, 0.4) is 0 Å². The molecule has 1 unspecified atom stereocenters. The van der Waals surface area contributed by atoms with E-state index in [0.29, 0.717) is 6.04 Å². The average molecular weight is 232 g/mol. The normalized spacial score (nSPS) is 20.5. The summed E-state index contributed by atoms with van der Waals surface area (Å²) < 4.78 is 0. The summed E-state index contributed by atoms with van der Waals surface area (Å²) >= 11 is 0. The quantitative estimate of drug-likeness (QED) is 0.831.